The third-order valence-corrected chi connectivity index (χ3v) is 13.6. The van der Waals surface area contributed by atoms with Crippen molar-refractivity contribution in [3.63, 3.8) is 0 Å². The molecule has 0 aliphatic carbocycles. The molecule has 4 aliphatic heterocycles. The average Bonchev–Trinajstić information content (AvgIpc) is 4.02. The molecule has 4 amide bonds. The lowest BCUT2D eigenvalue weighted by molar-refractivity contribution is -0.154. The largest absolute Gasteiger partial charge is 0.464 e. The van der Waals surface area contributed by atoms with Crippen LogP contribution in [0.1, 0.15) is 90.5 Å². The summed E-state index contributed by atoms with van der Waals surface area (Å²) in [5, 5.41) is 13.0. The van der Waals surface area contributed by atoms with Gasteiger partial charge in [-0.25, -0.2) is 19.2 Å². The number of carbonyl (C=O) groups is 6. The molecule has 4 heterocycles. The number of ether oxygens (including phenoxy) is 4. The Morgan fingerprint density at radius 2 is 0.900 bits per heavy atom. The van der Waals surface area contributed by atoms with Crippen LogP contribution in [0.15, 0.2) is 109 Å². The first-order valence-corrected chi connectivity index (χ1v) is 24.1. The first kappa shape index (κ1) is 49.3. The van der Waals surface area contributed by atoms with Crippen LogP contribution in [0.25, 0.3) is 0 Å². The van der Waals surface area contributed by atoms with Crippen molar-refractivity contribution in [1.82, 2.24) is 20.4 Å². The molecule has 4 aromatic carbocycles. The van der Waals surface area contributed by atoms with Gasteiger partial charge in [0.15, 0.2) is 0 Å². The molecule has 4 N–H and O–H groups in total. The molecule has 0 radical (unpaired) electrons. The van der Waals surface area contributed by atoms with Gasteiger partial charge >= 0.3 is 24.1 Å². The number of para-hydroxylation sites is 2. The molecule has 2 saturated heterocycles. The molecule has 4 aliphatic rings. The average molecular weight is 957 g/mol. The number of likely N-dealkylation sites (tertiary alicyclic amines) is 2. The minimum Gasteiger partial charge on any atom is -0.464 e. The van der Waals surface area contributed by atoms with Crippen LogP contribution in [0.5, 0.6) is 0 Å². The third-order valence-electron chi connectivity index (χ3n) is 13.6. The van der Waals surface area contributed by atoms with Gasteiger partial charge in [0, 0.05) is 24.2 Å². The van der Waals surface area contributed by atoms with E-state index in [0.29, 0.717) is 11.4 Å². The van der Waals surface area contributed by atoms with Crippen molar-refractivity contribution in [2.75, 3.05) is 23.8 Å². The number of nitrogens with zero attached hydrogens (tertiary/aromatic N) is 2. The van der Waals surface area contributed by atoms with Crippen molar-refractivity contribution in [2.45, 2.75) is 140 Å². The van der Waals surface area contributed by atoms with E-state index in [4.69, 9.17) is 18.9 Å². The van der Waals surface area contributed by atoms with Crippen LogP contribution >= 0.6 is 0 Å². The lowest BCUT2D eigenvalue weighted by atomic mass is 9.54. The van der Waals surface area contributed by atoms with Gasteiger partial charge < -0.3 is 50.0 Å². The molecular weight excluding hydrogens is 893 g/mol. The van der Waals surface area contributed by atoms with Gasteiger partial charge in [-0.05, 0) is 103 Å². The van der Waals surface area contributed by atoms with Crippen LogP contribution < -0.4 is 21.3 Å². The van der Waals surface area contributed by atoms with Crippen LogP contribution in [0.2, 0.25) is 0 Å². The normalized spacial score (nSPS) is 23.8. The van der Waals surface area contributed by atoms with Crippen molar-refractivity contribution in [3.05, 3.63) is 131 Å². The second kappa shape index (κ2) is 19.4. The molecule has 0 saturated carbocycles. The molecule has 16 heteroatoms. The fourth-order valence-corrected chi connectivity index (χ4v) is 11.2. The molecule has 0 spiro atoms. The van der Waals surface area contributed by atoms with E-state index >= 15 is 9.59 Å². The minimum absolute atomic E-state index is 0.0153. The van der Waals surface area contributed by atoms with Gasteiger partial charge in [-0.1, -0.05) is 97.1 Å². The number of fused-ring (bicyclic) bond motifs is 7. The molecule has 370 valence electrons. The summed E-state index contributed by atoms with van der Waals surface area (Å²) in [6, 6.07) is 28.8. The fraction of sp³-hybridized carbons (Fsp3) is 0.444. The summed E-state index contributed by atoms with van der Waals surface area (Å²) >= 11 is 0. The van der Waals surface area contributed by atoms with Gasteiger partial charge in [0.05, 0.1) is 24.0 Å². The molecule has 16 nitrogen and oxygen atoms in total. The van der Waals surface area contributed by atoms with E-state index in [-0.39, 0.29) is 38.9 Å². The number of hydrogen-bond acceptors (Lipinski definition) is 12. The molecule has 0 aromatic heterocycles. The Labute approximate surface area is 409 Å². The lowest BCUT2D eigenvalue weighted by Crippen LogP contribution is -2.64. The Kier molecular flexibility index (Phi) is 13.6. The first-order valence-electron chi connectivity index (χ1n) is 24.1. The van der Waals surface area contributed by atoms with E-state index in [1.807, 2.05) is 109 Å². The smallest absolute Gasteiger partial charge is 0.408 e. The minimum atomic E-state index is -1.31. The van der Waals surface area contributed by atoms with E-state index in [0.717, 1.165) is 22.3 Å². The zero-order valence-electron chi connectivity index (χ0n) is 41.1. The Balaban J connectivity index is 1.33. The molecule has 2 fully saturated rings. The zero-order chi connectivity index (χ0) is 50.2. The molecule has 70 heavy (non-hydrogen) atoms. The van der Waals surface area contributed by atoms with Crippen LogP contribution in [0, 0.1) is 0 Å². The van der Waals surface area contributed by atoms with Gasteiger partial charge in [0.2, 0.25) is 11.8 Å². The number of amides is 4. The maximum absolute atomic E-state index is 15.9. The lowest BCUT2D eigenvalue weighted by Gasteiger charge is -2.48. The van der Waals surface area contributed by atoms with Crippen LogP contribution in [-0.4, -0.2) is 107 Å². The number of esters is 2. The monoisotopic (exact) mass is 956 g/mol. The van der Waals surface area contributed by atoms with Gasteiger partial charge in [0.1, 0.15) is 47.7 Å². The van der Waals surface area contributed by atoms with Crippen LogP contribution in [0.4, 0.5) is 21.0 Å². The first-order chi connectivity index (χ1) is 33.3. The number of anilines is 2. The number of rotatable bonds is 13. The number of benzene rings is 4. The van der Waals surface area contributed by atoms with E-state index in [2.05, 4.69) is 21.3 Å². The third kappa shape index (κ3) is 9.23. The summed E-state index contributed by atoms with van der Waals surface area (Å²) in [5.41, 5.74) is -0.0574. The fourth-order valence-electron chi connectivity index (χ4n) is 11.2. The molecule has 8 atom stereocenters. The van der Waals surface area contributed by atoms with Crippen molar-refractivity contribution in [1.29, 1.82) is 0 Å². The second-order valence-electron chi connectivity index (χ2n) is 20.3. The summed E-state index contributed by atoms with van der Waals surface area (Å²) in [6.45, 7) is 13.8. The summed E-state index contributed by atoms with van der Waals surface area (Å²) in [7, 11) is 0. The van der Waals surface area contributed by atoms with E-state index in [1.54, 1.807) is 55.4 Å². The standard InChI is InChI=1S/C54H64N6O10/c1-9-67-45(63)41-31-53(35-25-17-19-27-37(35)55-47(53)59(41)43(61)39(29-33-21-13-11-14-22-33)57-49(65)69-51(3,4)5)54-32-42(46(64)68-10-2)60(48(54)56-38-28-20-18-26-36(38)54)44(62)40(30-34-23-15-12-16-24-34)58-50(66)70-52(6,7)8/h11-28,39-42,47-48,55-56H,9-10,29-32H2,1-8H3,(H,57,65)(H,58,66)/t39?,40?,41-,42-,47+,48+,53?,54?/m0/s1. The Morgan fingerprint density at radius 1 is 0.557 bits per heavy atom. The number of hydrogen-bond donors (Lipinski definition) is 4. The molecule has 0 bridgehead atoms. The van der Waals surface area contributed by atoms with Crippen molar-refractivity contribution in [2.24, 2.45) is 0 Å². The Morgan fingerprint density at radius 3 is 1.24 bits per heavy atom. The van der Waals surface area contributed by atoms with Gasteiger partial charge in [-0.15, -0.1) is 0 Å². The summed E-state index contributed by atoms with van der Waals surface area (Å²) < 4.78 is 23.1. The van der Waals surface area contributed by atoms with Crippen molar-refractivity contribution < 1.29 is 47.7 Å². The van der Waals surface area contributed by atoms with Crippen LogP contribution in [0.3, 0.4) is 0 Å². The Bertz CT molecular complexity index is 2440. The molecule has 8 rings (SSSR count). The molecule has 4 unspecified atom stereocenters. The van der Waals surface area contributed by atoms with E-state index in [9.17, 15) is 19.2 Å². The summed E-state index contributed by atoms with van der Waals surface area (Å²) in [5.74, 6) is -2.48. The van der Waals surface area contributed by atoms with Gasteiger partial charge in [0.25, 0.3) is 0 Å². The summed E-state index contributed by atoms with van der Waals surface area (Å²) in [6.07, 6.45) is -3.63. The summed E-state index contributed by atoms with van der Waals surface area (Å²) in [4.78, 5) is 91.5. The zero-order valence-corrected chi connectivity index (χ0v) is 41.1. The van der Waals surface area contributed by atoms with Crippen LogP contribution in [-0.2, 0) is 61.8 Å². The predicted molar refractivity (Wildman–Crippen MR) is 261 cm³/mol. The van der Waals surface area contributed by atoms with Gasteiger partial charge in [-0.2, -0.15) is 0 Å². The highest BCUT2D eigenvalue weighted by molar-refractivity contribution is 5.95. The maximum Gasteiger partial charge on any atom is 0.408 e. The predicted octanol–water partition coefficient (Wildman–Crippen LogP) is 6.97. The van der Waals surface area contributed by atoms with E-state index < -0.39 is 94.5 Å². The highest BCUT2D eigenvalue weighted by Crippen LogP contribution is 2.68. The molecule has 4 aromatic rings. The van der Waals surface area contributed by atoms with Gasteiger partial charge in [-0.3, -0.25) is 9.59 Å². The van der Waals surface area contributed by atoms with Crippen molar-refractivity contribution in [3.8, 4) is 0 Å². The van der Waals surface area contributed by atoms with E-state index in [1.165, 1.54) is 9.80 Å². The highest BCUT2D eigenvalue weighted by Gasteiger charge is 2.77. The number of carbonyl (C=O) groups excluding carboxylic acids is 6. The second-order valence-corrected chi connectivity index (χ2v) is 20.3. The number of nitrogens with one attached hydrogen (secondary N) is 4. The maximum atomic E-state index is 15.9. The highest BCUT2D eigenvalue weighted by atomic mass is 16.6. The van der Waals surface area contributed by atoms with Crippen molar-refractivity contribution >= 4 is 47.3 Å². The number of alkyl carbamates (subject to hydrolysis) is 2. The Hall–Kier alpha value is -7.10. The SMILES string of the molecule is CCOC(=O)[C@@H]1CC2(C34C[C@@H](C(=O)OCC)N(C(=O)C(Cc5ccccc5)NC(=O)OC(C)(C)C)[C@H]3Nc3ccccc34)c3ccccc3N[C@@H]2N1C(=O)C(Cc1ccccc1)NC(=O)OC(C)(C)C. The topological polar surface area (TPSA) is 194 Å². The quantitative estimate of drug-likeness (QED) is 0.0796. The molecular formula is C54H64N6O10.